The Morgan fingerprint density at radius 1 is 1.03 bits per heavy atom. The molecule has 0 fully saturated rings. The molecule has 2 aromatic carbocycles. The summed E-state index contributed by atoms with van der Waals surface area (Å²) >= 11 is 0. The van der Waals surface area contributed by atoms with Crippen molar-refractivity contribution in [3.63, 3.8) is 0 Å². The minimum atomic E-state index is -3.88. The van der Waals surface area contributed by atoms with E-state index in [-0.39, 0.29) is 10.5 Å². The van der Waals surface area contributed by atoms with Crippen LogP contribution in [-0.4, -0.2) is 27.9 Å². The number of fused-ring (bicyclic) bond motifs is 1. The van der Waals surface area contributed by atoms with E-state index in [1.54, 1.807) is 37.3 Å². The standard InChI is InChI=1S/C22H17N5O5S/c1-14-23-20(27-10-2-3-11-27)13-21(24-14)31-16-6-4-15(5-7-16)26-33(29,30)17-8-9-19-18(12-17)25-22(28)32-19/h2-13,26H,1H3,(H,25,28). The van der Waals surface area contributed by atoms with Crippen molar-refractivity contribution in [2.75, 3.05) is 4.72 Å². The first kappa shape index (κ1) is 20.5. The van der Waals surface area contributed by atoms with E-state index in [1.165, 1.54) is 18.2 Å². The number of sulfonamides is 1. The maximum atomic E-state index is 12.7. The van der Waals surface area contributed by atoms with Crippen LogP contribution in [0.4, 0.5) is 5.69 Å². The Morgan fingerprint density at radius 2 is 1.79 bits per heavy atom. The van der Waals surface area contributed by atoms with Crippen molar-refractivity contribution in [3.05, 3.63) is 89.4 Å². The van der Waals surface area contributed by atoms with Crippen molar-refractivity contribution in [3.8, 4) is 17.4 Å². The van der Waals surface area contributed by atoms with Crippen LogP contribution in [0.5, 0.6) is 11.6 Å². The third-order valence-electron chi connectivity index (χ3n) is 4.70. The second-order valence-corrected chi connectivity index (χ2v) is 8.79. The van der Waals surface area contributed by atoms with Gasteiger partial charge in [-0.3, -0.25) is 9.71 Å². The van der Waals surface area contributed by atoms with Crippen LogP contribution in [0.2, 0.25) is 0 Å². The SMILES string of the molecule is Cc1nc(Oc2ccc(NS(=O)(=O)c3ccc4oc(=O)[nH]c4c3)cc2)cc(-n2cccc2)n1. The quantitative estimate of drug-likeness (QED) is 0.393. The number of aromatic amines is 1. The molecule has 0 aliphatic carbocycles. The Labute approximate surface area is 187 Å². The highest BCUT2D eigenvalue weighted by molar-refractivity contribution is 7.92. The summed E-state index contributed by atoms with van der Waals surface area (Å²) < 4.78 is 40.5. The number of hydrogen-bond donors (Lipinski definition) is 2. The molecule has 0 saturated carbocycles. The minimum absolute atomic E-state index is 0.0126. The van der Waals surface area contributed by atoms with Gasteiger partial charge in [0, 0.05) is 24.1 Å². The molecule has 3 heterocycles. The average molecular weight is 463 g/mol. The number of aromatic nitrogens is 4. The largest absolute Gasteiger partial charge is 0.439 e. The molecule has 5 aromatic rings. The Morgan fingerprint density at radius 3 is 2.55 bits per heavy atom. The van der Waals surface area contributed by atoms with E-state index in [9.17, 15) is 13.2 Å². The summed E-state index contributed by atoms with van der Waals surface area (Å²) in [5.74, 6) is 1.41. The lowest BCUT2D eigenvalue weighted by atomic mass is 10.3. The van der Waals surface area contributed by atoms with Crippen LogP contribution in [0.25, 0.3) is 16.9 Å². The summed E-state index contributed by atoms with van der Waals surface area (Å²) in [6, 6.07) is 16.0. The topological polar surface area (TPSA) is 132 Å². The summed E-state index contributed by atoms with van der Waals surface area (Å²) in [5, 5.41) is 0. The number of anilines is 1. The summed E-state index contributed by atoms with van der Waals surface area (Å²) in [6.07, 6.45) is 3.74. The van der Waals surface area contributed by atoms with Crippen molar-refractivity contribution in [2.45, 2.75) is 11.8 Å². The van der Waals surface area contributed by atoms with Gasteiger partial charge in [0.15, 0.2) is 5.58 Å². The molecule has 0 unspecified atom stereocenters. The van der Waals surface area contributed by atoms with Crippen LogP contribution in [0.15, 0.2) is 87.2 Å². The van der Waals surface area contributed by atoms with Gasteiger partial charge in [-0.05, 0) is 61.5 Å². The first-order chi connectivity index (χ1) is 15.9. The van der Waals surface area contributed by atoms with E-state index in [4.69, 9.17) is 9.15 Å². The van der Waals surface area contributed by atoms with Gasteiger partial charge >= 0.3 is 5.76 Å². The molecule has 0 aliphatic heterocycles. The summed E-state index contributed by atoms with van der Waals surface area (Å²) in [5.41, 5.74) is 0.918. The second-order valence-electron chi connectivity index (χ2n) is 7.11. The normalized spacial score (nSPS) is 11.5. The molecule has 3 aromatic heterocycles. The predicted molar refractivity (Wildman–Crippen MR) is 120 cm³/mol. The lowest BCUT2D eigenvalue weighted by Crippen LogP contribution is -2.12. The Bertz CT molecular complexity index is 1600. The number of hydrogen-bond acceptors (Lipinski definition) is 7. The van der Waals surface area contributed by atoms with Crippen LogP contribution in [-0.2, 0) is 10.0 Å². The Balaban J connectivity index is 1.34. The molecule has 5 rings (SSSR count). The van der Waals surface area contributed by atoms with Crippen molar-refractivity contribution < 1.29 is 17.6 Å². The van der Waals surface area contributed by atoms with Crippen molar-refractivity contribution in [2.24, 2.45) is 0 Å². The minimum Gasteiger partial charge on any atom is -0.439 e. The molecule has 0 atom stereocenters. The molecule has 2 N–H and O–H groups in total. The van der Waals surface area contributed by atoms with Crippen LogP contribution in [0.3, 0.4) is 0 Å². The number of H-pyrrole nitrogens is 1. The van der Waals surface area contributed by atoms with Crippen LogP contribution < -0.4 is 15.2 Å². The Kier molecular flexibility index (Phi) is 4.94. The molecule has 0 amide bonds. The third kappa shape index (κ3) is 4.34. The molecule has 33 heavy (non-hydrogen) atoms. The smallest absolute Gasteiger partial charge is 0.417 e. The van der Waals surface area contributed by atoms with Gasteiger partial charge in [0.2, 0.25) is 5.88 Å². The third-order valence-corrected chi connectivity index (χ3v) is 6.08. The molecular formula is C22H17N5O5S. The molecule has 0 radical (unpaired) electrons. The summed E-state index contributed by atoms with van der Waals surface area (Å²) in [7, 11) is -3.88. The molecular weight excluding hydrogens is 446 g/mol. The van der Waals surface area contributed by atoms with Crippen molar-refractivity contribution in [1.29, 1.82) is 0 Å². The summed E-state index contributed by atoms with van der Waals surface area (Å²) in [6.45, 7) is 1.77. The number of ether oxygens (including phenoxy) is 1. The predicted octanol–water partition coefficient (Wildman–Crippen LogP) is 3.60. The highest BCUT2D eigenvalue weighted by Gasteiger charge is 2.16. The Hall–Kier alpha value is -4.38. The fourth-order valence-corrected chi connectivity index (χ4v) is 4.31. The zero-order valence-corrected chi connectivity index (χ0v) is 18.0. The molecule has 0 bridgehead atoms. The fourth-order valence-electron chi connectivity index (χ4n) is 3.22. The molecule has 0 spiro atoms. The van der Waals surface area contributed by atoms with Crippen LogP contribution in [0.1, 0.15) is 5.82 Å². The number of nitrogens with zero attached hydrogens (tertiary/aromatic N) is 3. The van der Waals surface area contributed by atoms with Gasteiger partial charge in [0.25, 0.3) is 10.0 Å². The van der Waals surface area contributed by atoms with Gasteiger partial charge in [0.05, 0.1) is 10.4 Å². The van der Waals surface area contributed by atoms with Gasteiger partial charge in [0.1, 0.15) is 17.4 Å². The van der Waals surface area contributed by atoms with Crippen LogP contribution >= 0.6 is 0 Å². The van der Waals surface area contributed by atoms with Gasteiger partial charge in [-0.15, -0.1) is 0 Å². The first-order valence-corrected chi connectivity index (χ1v) is 11.3. The zero-order valence-electron chi connectivity index (χ0n) is 17.2. The molecule has 0 aliphatic rings. The number of oxazole rings is 1. The summed E-state index contributed by atoms with van der Waals surface area (Å²) in [4.78, 5) is 22.4. The molecule has 166 valence electrons. The van der Waals surface area contributed by atoms with E-state index in [0.717, 1.165) is 0 Å². The first-order valence-electron chi connectivity index (χ1n) is 9.78. The monoisotopic (exact) mass is 463 g/mol. The lowest BCUT2D eigenvalue weighted by Gasteiger charge is -2.10. The number of benzene rings is 2. The molecule has 10 nitrogen and oxygen atoms in total. The maximum Gasteiger partial charge on any atom is 0.417 e. The number of aryl methyl sites for hydroxylation is 1. The van der Waals surface area contributed by atoms with E-state index in [1.807, 2.05) is 29.1 Å². The number of rotatable bonds is 6. The highest BCUT2D eigenvalue weighted by atomic mass is 32.2. The van der Waals surface area contributed by atoms with Crippen molar-refractivity contribution >= 4 is 26.8 Å². The van der Waals surface area contributed by atoms with Gasteiger partial charge in [-0.1, -0.05) is 0 Å². The highest BCUT2D eigenvalue weighted by Crippen LogP contribution is 2.25. The van der Waals surface area contributed by atoms with Gasteiger partial charge in [-0.25, -0.2) is 18.2 Å². The zero-order chi connectivity index (χ0) is 23.0. The maximum absolute atomic E-state index is 12.7. The second kappa shape index (κ2) is 7.95. The van der Waals surface area contributed by atoms with Gasteiger partial charge < -0.3 is 13.7 Å². The number of nitrogens with one attached hydrogen (secondary N) is 2. The lowest BCUT2D eigenvalue weighted by molar-refractivity contribution is 0.459. The molecule has 0 saturated heterocycles. The van der Waals surface area contributed by atoms with E-state index >= 15 is 0 Å². The van der Waals surface area contributed by atoms with Crippen LogP contribution in [0, 0.1) is 6.92 Å². The molecule has 11 heteroatoms. The average Bonchev–Trinajstić information content (AvgIpc) is 3.43. The van der Waals surface area contributed by atoms with E-state index in [2.05, 4.69) is 19.7 Å². The van der Waals surface area contributed by atoms with Crippen molar-refractivity contribution in [1.82, 2.24) is 19.5 Å². The fraction of sp³-hybridized carbons (Fsp3) is 0.0455. The van der Waals surface area contributed by atoms with E-state index < -0.39 is 15.8 Å². The van der Waals surface area contributed by atoms with Gasteiger partial charge in [-0.2, -0.15) is 4.98 Å². The van der Waals surface area contributed by atoms with E-state index in [0.29, 0.717) is 34.5 Å².